The van der Waals surface area contributed by atoms with Gasteiger partial charge in [-0.1, -0.05) is 44.2 Å². The molecule has 2 atom stereocenters. The van der Waals surface area contributed by atoms with Gasteiger partial charge in [0.25, 0.3) is 0 Å². The van der Waals surface area contributed by atoms with Crippen LogP contribution in [0.15, 0.2) is 30.3 Å². The minimum Gasteiger partial charge on any atom is -0.345 e. The van der Waals surface area contributed by atoms with E-state index in [2.05, 4.69) is 43.4 Å². The van der Waals surface area contributed by atoms with Crippen molar-refractivity contribution in [3.05, 3.63) is 35.9 Å². The number of likely N-dealkylation sites (tertiary alicyclic amines) is 1. The van der Waals surface area contributed by atoms with Gasteiger partial charge in [-0.25, -0.2) is 0 Å². The Morgan fingerprint density at radius 3 is 2.37 bits per heavy atom. The first kappa shape index (κ1) is 23.2. The first-order valence-electron chi connectivity index (χ1n) is 10.1. The van der Waals surface area contributed by atoms with Gasteiger partial charge in [0, 0.05) is 32.6 Å². The lowest BCUT2D eigenvalue weighted by Gasteiger charge is -2.26. The maximum Gasteiger partial charge on any atom is 0.239 e. The molecule has 0 radical (unpaired) electrons. The Kier molecular flexibility index (Phi) is 10.7. The van der Waals surface area contributed by atoms with Crippen molar-refractivity contribution in [1.82, 2.24) is 15.1 Å². The molecule has 0 bridgehead atoms. The Labute approximate surface area is 165 Å². The molecule has 1 aliphatic rings. The highest BCUT2D eigenvalue weighted by molar-refractivity contribution is 5.81. The van der Waals surface area contributed by atoms with Crippen molar-refractivity contribution >= 4 is 12.3 Å². The Morgan fingerprint density at radius 1 is 1.30 bits per heavy atom. The van der Waals surface area contributed by atoms with Crippen LogP contribution in [0.3, 0.4) is 0 Å². The molecule has 2 amide bonds. The summed E-state index contributed by atoms with van der Waals surface area (Å²) in [6.45, 7) is 8.99. The molecule has 1 saturated heterocycles. The third-order valence-electron chi connectivity index (χ3n) is 5.40. The fourth-order valence-corrected chi connectivity index (χ4v) is 3.20. The zero-order chi connectivity index (χ0) is 20.2. The number of amides is 2. The van der Waals surface area contributed by atoms with Gasteiger partial charge in [-0.05, 0) is 44.7 Å². The summed E-state index contributed by atoms with van der Waals surface area (Å²) >= 11 is 0. The van der Waals surface area contributed by atoms with Crippen molar-refractivity contribution in [2.75, 3.05) is 33.7 Å². The van der Waals surface area contributed by atoms with Crippen LogP contribution in [-0.2, 0) is 9.59 Å². The molecule has 1 fully saturated rings. The van der Waals surface area contributed by atoms with Gasteiger partial charge in [0.15, 0.2) is 0 Å². The van der Waals surface area contributed by atoms with E-state index in [1.165, 1.54) is 18.4 Å². The van der Waals surface area contributed by atoms with Crippen LogP contribution < -0.4 is 5.32 Å². The molecule has 0 aliphatic carbocycles. The number of carbonyl (C=O) groups excluding carboxylic acids is 2. The summed E-state index contributed by atoms with van der Waals surface area (Å²) < 4.78 is 0. The molecule has 2 rings (SSSR count). The molecule has 1 aromatic rings. The molecule has 5 nitrogen and oxygen atoms in total. The van der Waals surface area contributed by atoms with Crippen molar-refractivity contribution in [3.63, 3.8) is 0 Å². The van der Waals surface area contributed by atoms with Gasteiger partial charge in [0.05, 0.1) is 6.04 Å². The van der Waals surface area contributed by atoms with Gasteiger partial charge in [-0.15, -0.1) is 0 Å². The predicted octanol–water partition coefficient (Wildman–Crippen LogP) is 3.12. The summed E-state index contributed by atoms with van der Waals surface area (Å²) in [5.74, 6) is 1.37. The minimum atomic E-state index is -0.122. The van der Waals surface area contributed by atoms with Crippen LogP contribution in [-0.4, -0.2) is 61.9 Å². The van der Waals surface area contributed by atoms with Crippen molar-refractivity contribution in [2.45, 2.75) is 52.0 Å². The molecule has 1 heterocycles. The van der Waals surface area contributed by atoms with E-state index in [-0.39, 0.29) is 11.9 Å². The quantitative estimate of drug-likeness (QED) is 0.745. The van der Waals surface area contributed by atoms with Gasteiger partial charge in [-0.2, -0.15) is 0 Å². The van der Waals surface area contributed by atoms with Gasteiger partial charge < -0.3 is 15.1 Å². The van der Waals surface area contributed by atoms with E-state index in [1.54, 1.807) is 0 Å². The smallest absolute Gasteiger partial charge is 0.239 e. The second-order valence-corrected chi connectivity index (χ2v) is 7.57. The normalized spacial score (nSPS) is 16.7. The van der Waals surface area contributed by atoms with Crippen LogP contribution in [0.25, 0.3) is 0 Å². The highest BCUT2D eigenvalue weighted by Crippen LogP contribution is 2.20. The maximum atomic E-state index is 12.0. The van der Waals surface area contributed by atoms with Crippen LogP contribution in [0.5, 0.6) is 0 Å². The van der Waals surface area contributed by atoms with E-state index in [0.717, 1.165) is 38.4 Å². The Hall–Kier alpha value is -1.88. The monoisotopic (exact) mass is 375 g/mol. The molecule has 0 spiro atoms. The number of rotatable bonds is 7. The molecule has 27 heavy (non-hydrogen) atoms. The van der Waals surface area contributed by atoms with E-state index >= 15 is 0 Å². The molecule has 0 saturated carbocycles. The highest BCUT2D eigenvalue weighted by Gasteiger charge is 2.19. The predicted molar refractivity (Wildman–Crippen MR) is 112 cm³/mol. The van der Waals surface area contributed by atoms with Gasteiger partial charge in [-0.3, -0.25) is 9.59 Å². The lowest BCUT2D eigenvalue weighted by Crippen LogP contribution is -2.43. The van der Waals surface area contributed by atoms with Crippen LogP contribution in [0.1, 0.15) is 51.5 Å². The van der Waals surface area contributed by atoms with E-state index in [0.29, 0.717) is 5.92 Å². The van der Waals surface area contributed by atoms with Gasteiger partial charge >= 0.3 is 0 Å². The molecular formula is C22H37N3O2. The molecule has 1 aliphatic heterocycles. The van der Waals surface area contributed by atoms with Gasteiger partial charge in [0.2, 0.25) is 12.3 Å². The summed E-state index contributed by atoms with van der Waals surface area (Å²) in [6.07, 6.45) is 4.35. The van der Waals surface area contributed by atoms with Gasteiger partial charge in [0.1, 0.15) is 0 Å². The van der Waals surface area contributed by atoms with E-state index in [1.807, 2.05) is 36.9 Å². The molecule has 1 aromatic carbocycles. The van der Waals surface area contributed by atoms with Crippen molar-refractivity contribution in [3.8, 4) is 0 Å². The Balaban J connectivity index is 0.000000337. The third-order valence-corrected chi connectivity index (χ3v) is 5.40. The second kappa shape index (κ2) is 12.5. The lowest BCUT2D eigenvalue weighted by molar-refractivity contribution is -0.131. The fourth-order valence-electron chi connectivity index (χ4n) is 3.20. The van der Waals surface area contributed by atoms with Crippen LogP contribution in [0.4, 0.5) is 0 Å². The summed E-state index contributed by atoms with van der Waals surface area (Å²) in [6, 6.07) is 10.3. The maximum absolute atomic E-state index is 12.0. The summed E-state index contributed by atoms with van der Waals surface area (Å²) in [5, 5.41) is 2.99. The third kappa shape index (κ3) is 8.12. The summed E-state index contributed by atoms with van der Waals surface area (Å²) in [4.78, 5) is 25.9. The molecule has 152 valence electrons. The molecule has 1 N–H and O–H groups in total. The molecule has 2 unspecified atom stereocenters. The van der Waals surface area contributed by atoms with Crippen molar-refractivity contribution in [1.29, 1.82) is 0 Å². The van der Waals surface area contributed by atoms with E-state index < -0.39 is 0 Å². The minimum absolute atomic E-state index is 0.122. The number of hydrogen-bond donors (Lipinski definition) is 1. The van der Waals surface area contributed by atoms with Crippen molar-refractivity contribution in [2.24, 2.45) is 5.92 Å². The number of carbonyl (C=O) groups is 2. The summed E-state index contributed by atoms with van der Waals surface area (Å²) in [7, 11) is 3.69. The largest absolute Gasteiger partial charge is 0.345 e. The van der Waals surface area contributed by atoms with Crippen LogP contribution in [0.2, 0.25) is 0 Å². The topological polar surface area (TPSA) is 52.7 Å². The zero-order valence-corrected chi connectivity index (χ0v) is 17.6. The number of piperidine rings is 1. The van der Waals surface area contributed by atoms with Crippen LogP contribution in [0, 0.1) is 5.92 Å². The van der Waals surface area contributed by atoms with Crippen molar-refractivity contribution < 1.29 is 9.59 Å². The Bertz CT molecular complexity index is 542. The highest BCUT2D eigenvalue weighted by atomic mass is 16.2. The fraction of sp³-hybridized carbons (Fsp3) is 0.636. The number of hydrogen-bond acceptors (Lipinski definition) is 3. The first-order valence-corrected chi connectivity index (χ1v) is 10.1. The lowest BCUT2D eigenvalue weighted by atomic mass is 9.96. The first-order chi connectivity index (χ1) is 12.9. The second-order valence-electron chi connectivity index (χ2n) is 7.57. The molecule has 0 aromatic heterocycles. The average Bonchev–Trinajstić information content (AvgIpc) is 2.72. The summed E-state index contributed by atoms with van der Waals surface area (Å²) in [5.41, 5.74) is 1.30. The number of likely N-dealkylation sites (N-methyl/N-ethyl adjacent to an activating group) is 2. The SMILES string of the molecule is CC1CCN(C=O)CC1.CCC(CN(C)C(=O)C(C)NC)c1ccccc1. The zero-order valence-electron chi connectivity index (χ0n) is 17.6. The Morgan fingerprint density at radius 2 is 1.89 bits per heavy atom. The molecular weight excluding hydrogens is 338 g/mol. The number of nitrogens with zero attached hydrogens (tertiary/aromatic N) is 2. The number of benzene rings is 1. The van der Waals surface area contributed by atoms with Crippen LogP contribution >= 0.6 is 0 Å². The van der Waals surface area contributed by atoms with E-state index in [4.69, 9.17) is 0 Å². The standard InChI is InChI=1S/C15H24N2O.C7H13NO/c1-5-13(14-9-7-6-8-10-14)11-17(4)15(18)12(2)16-3;1-7-2-4-8(6-9)5-3-7/h6-10,12-13,16H,5,11H2,1-4H3;6-7H,2-5H2,1H3. The van der Waals surface area contributed by atoms with E-state index in [9.17, 15) is 9.59 Å². The molecule has 5 heteroatoms. The average molecular weight is 376 g/mol. The number of nitrogens with one attached hydrogen (secondary N) is 1.